The Morgan fingerprint density at radius 2 is 1.77 bits per heavy atom. The van der Waals surface area contributed by atoms with Crippen LogP contribution in [-0.4, -0.2) is 31.1 Å². The second-order valence-electron chi connectivity index (χ2n) is 7.42. The number of esters is 1. The van der Waals surface area contributed by atoms with Gasteiger partial charge in [0, 0.05) is 19.6 Å². The molecule has 1 atom stereocenters. The zero-order chi connectivity index (χ0) is 21.8. The zero-order valence-corrected chi connectivity index (χ0v) is 18.4. The second-order valence-corrected chi connectivity index (χ2v) is 7.42. The van der Waals surface area contributed by atoms with E-state index in [4.69, 9.17) is 4.74 Å². The number of amides is 1. The van der Waals surface area contributed by atoms with Crippen LogP contribution in [0.1, 0.15) is 60.7 Å². The highest BCUT2D eigenvalue weighted by Gasteiger charge is 2.18. The molecule has 30 heavy (non-hydrogen) atoms. The van der Waals surface area contributed by atoms with Gasteiger partial charge in [-0.3, -0.25) is 4.79 Å². The third-order valence-electron chi connectivity index (χ3n) is 4.99. The van der Waals surface area contributed by atoms with Gasteiger partial charge in [0.2, 0.25) is 5.91 Å². The monoisotopic (exact) mass is 410 g/mol. The number of ether oxygens (including phenoxy) is 1. The van der Waals surface area contributed by atoms with E-state index >= 15 is 0 Å². The van der Waals surface area contributed by atoms with Crippen LogP contribution < -0.4 is 10.6 Å². The lowest BCUT2D eigenvalue weighted by Crippen LogP contribution is -2.31. The van der Waals surface area contributed by atoms with E-state index in [1.165, 1.54) is 11.1 Å². The minimum absolute atomic E-state index is 0.0832. The van der Waals surface area contributed by atoms with Crippen LogP contribution in [-0.2, 0) is 28.9 Å². The van der Waals surface area contributed by atoms with Gasteiger partial charge >= 0.3 is 5.97 Å². The van der Waals surface area contributed by atoms with Crippen molar-refractivity contribution in [3.63, 3.8) is 0 Å². The maximum atomic E-state index is 12.8. The summed E-state index contributed by atoms with van der Waals surface area (Å²) in [6, 6.07) is 15.6. The van der Waals surface area contributed by atoms with Gasteiger partial charge in [-0.2, -0.15) is 0 Å². The SMILES string of the molecule is CCCNC(=O)Cc1ccccc1C(=O)OC(CC)CNCc1cccc(CC)c1. The predicted octanol–water partition coefficient (Wildman–Crippen LogP) is 4.04. The molecule has 2 N–H and O–H groups in total. The Morgan fingerprint density at radius 1 is 1.00 bits per heavy atom. The van der Waals surface area contributed by atoms with Gasteiger partial charge in [0.25, 0.3) is 0 Å². The molecule has 2 aromatic carbocycles. The molecule has 0 aromatic heterocycles. The molecule has 5 heteroatoms. The molecule has 162 valence electrons. The molecular formula is C25H34N2O3. The molecule has 0 bridgehead atoms. The van der Waals surface area contributed by atoms with Gasteiger partial charge in [0.1, 0.15) is 6.10 Å². The molecule has 0 saturated heterocycles. The van der Waals surface area contributed by atoms with Crippen molar-refractivity contribution < 1.29 is 14.3 Å². The lowest BCUT2D eigenvalue weighted by molar-refractivity contribution is -0.120. The summed E-state index contributed by atoms with van der Waals surface area (Å²) in [4.78, 5) is 24.8. The number of rotatable bonds is 12. The third-order valence-corrected chi connectivity index (χ3v) is 4.99. The molecule has 0 fully saturated rings. The van der Waals surface area contributed by atoms with E-state index in [0.717, 1.165) is 19.4 Å². The first-order chi connectivity index (χ1) is 14.6. The normalized spacial score (nSPS) is 11.7. The molecule has 0 saturated carbocycles. The molecule has 2 rings (SSSR count). The van der Waals surface area contributed by atoms with Crippen LogP contribution in [0.25, 0.3) is 0 Å². The van der Waals surface area contributed by atoms with E-state index in [1.807, 2.05) is 26.0 Å². The summed E-state index contributed by atoms with van der Waals surface area (Å²) in [5, 5.41) is 6.24. The van der Waals surface area contributed by atoms with Crippen molar-refractivity contribution in [3.8, 4) is 0 Å². The van der Waals surface area contributed by atoms with Crippen LogP contribution in [0.2, 0.25) is 0 Å². The minimum atomic E-state index is -0.379. The van der Waals surface area contributed by atoms with E-state index in [0.29, 0.717) is 30.6 Å². The van der Waals surface area contributed by atoms with Crippen LogP contribution >= 0.6 is 0 Å². The van der Waals surface area contributed by atoms with E-state index in [9.17, 15) is 9.59 Å². The number of nitrogens with one attached hydrogen (secondary N) is 2. The first kappa shape index (κ1) is 23.6. The van der Waals surface area contributed by atoms with Crippen molar-refractivity contribution in [3.05, 3.63) is 70.8 Å². The summed E-state index contributed by atoms with van der Waals surface area (Å²) < 4.78 is 5.74. The Morgan fingerprint density at radius 3 is 2.50 bits per heavy atom. The van der Waals surface area contributed by atoms with Gasteiger partial charge in [0.05, 0.1) is 12.0 Å². The molecule has 1 unspecified atom stereocenters. The van der Waals surface area contributed by atoms with Crippen LogP contribution in [0.4, 0.5) is 0 Å². The van der Waals surface area contributed by atoms with Gasteiger partial charge < -0.3 is 15.4 Å². The Labute approximate surface area is 180 Å². The molecule has 0 spiro atoms. The Bertz CT molecular complexity index is 820. The van der Waals surface area contributed by atoms with E-state index in [-0.39, 0.29) is 24.4 Å². The molecule has 1 amide bonds. The van der Waals surface area contributed by atoms with Crippen LogP contribution in [0.3, 0.4) is 0 Å². The lowest BCUT2D eigenvalue weighted by atomic mass is 10.0. The van der Waals surface area contributed by atoms with Gasteiger partial charge in [-0.15, -0.1) is 0 Å². The van der Waals surface area contributed by atoms with Crippen molar-refractivity contribution in [1.82, 2.24) is 10.6 Å². The summed E-state index contributed by atoms with van der Waals surface area (Å²) in [6.45, 7) is 8.10. The summed E-state index contributed by atoms with van der Waals surface area (Å²) in [5.74, 6) is -0.462. The number of hydrogen-bond donors (Lipinski definition) is 2. The number of aryl methyl sites for hydroxylation is 1. The van der Waals surface area contributed by atoms with E-state index in [1.54, 1.807) is 12.1 Å². The fourth-order valence-corrected chi connectivity index (χ4v) is 3.19. The Hall–Kier alpha value is -2.66. The van der Waals surface area contributed by atoms with Gasteiger partial charge in [-0.1, -0.05) is 63.2 Å². The average Bonchev–Trinajstić information content (AvgIpc) is 2.77. The lowest BCUT2D eigenvalue weighted by Gasteiger charge is -2.18. The topological polar surface area (TPSA) is 67.4 Å². The molecule has 5 nitrogen and oxygen atoms in total. The highest BCUT2D eigenvalue weighted by molar-refractivity contribution is 5.93. The van der Waals surface area contributed by atoms with Crippen LogP contribution in [0.15, 0.2) is 48.5 Å². The quantitative estimate of drug-likeness (QED) is 0.518. The number of carbonyl (C=O) groups excluding carboxylic acids is 2. The van der Waals surface area contributed by atoms with Crippen molar-refractivity contribution in [1.29, 1.82) is 0 Å². The smallest absolute Gasteiger partial charge is 0.338 e. The molecule has 0 heterocycles. The summed E-state index contributed by atoms with van der Waals surface area (Å²) in [6.07, 6.45) is 2.55. The molecule has 0 aliphatic rings. The van der Waals surface area contributed by atoms with Crippen LogP contribution in [0, 0.1) is 0 Å². The summed E-state index contributed by atoms with van der Waals surface area (Å²) >= 11 is 0. The maximum absolute atomic E-state index is 12.8. The van der Waals surface area contributed by atoms with Gasteiger partial charge in [0.15, 0.2) is 0 Å². The van der Waals surface area contributed by atoms with Gasteiger partial charge in [-0.05, 0) is 42.0 Å². The largest absolute Gasteiger partial charge is 0.457 e. The van der Waals surface area contributed by atoms with Crippen LogP contribution in [0.5, 0.6) is 0 Å². The van der Waals surface area contributed by atoms with E-state index in [2.05, 4.69) is 41.8 Å². The Kier molecular flexibility index (Phi) is 10.1. The van der Waals surface area contributed by atoms with Crippen molar-refractivity contribution in [2.45, 2.75) is 59.1 Å². The first-order valence-electron chi connectivity index (χ1n) is 10.9. The molecule has 0 aliphatic carbocycles. The number of carbonyl (C=O) groups is 2. The molecule has 2 aromatic rings. The van der Waals surface area contributed by atoms with E-state index < -0.39 is 0 Å². The molecule has 0 aliphatic heterocycles. The minimum Gasteiger partial charge on any atom is -0.457 e. The zero-order valence-electron chi connectivity index (χ0n) is 18.4. The first-order valence-corrected chi connectivity index (χ1v) is 10.9. The maximum Gasteiger partial charge on any atom is 0.338 e. The number of hydrogen-bond acceptors (Lipinski definition) is 4. The standard InChI is InChI=1S/C25H34N2O3/c1-4-14-27-24(28)16-21-12-7-8-13-23(21)25(29)30-22(6-3)18-26-17-20-11-9-10-19(5-2)15-20/h7-13,15,22,26H,4-6,14,16-18H2,1-3H3,(H,27,28). The van der Waals surface area contributed by atoms with Crippen molar-refractivity contribution in [2.24, 2.45) is 0 Å². The van der Waals surface area contributed by atoms with Crippen molar-refractivity contribution >= 4 is 11.9 Å². The highest BCUT2D eigenvalue weighted by atomic mass is 16.5. The molecular weight excluding hydrogens is 376 g/mol. The Balaban J connectivity index is 1.92. The third kappa shape index (κ3) is 7.64. The summed E-state index contributed by atoms with van der Waals surface area (Å²) in [7, 11) is 0. The second kappa shape index (κ2) is 12.8. The molecule has 0 radical (unpaired) electrons. The fourth-order valence-electron chi connectivity index (χ4n) is 3.19. The predicted molar refractivity (Wildman–Crippen MR) is 120 cm³/mol. The average molecular weight is 411 g/mol. The fraction of sp³-hybridized carbons (Fsp3) is 0.440. The summed E-state index contributed by atoms with van der Waals surface area (Å²) in [5.41, 5.74) is 3.68. The van der Waals surface area contributed by atoms with Gasteiger partial charge in [-0.25, -0.2) is 4.79 Å². The number of benzene rings is 2. The van der Waals surface area contributed by atoms with Crippen molar-refractivity contribution in [2.75, 3.05) is 13.1 Å². The highest BCUT2D eigenvalue weighted by Crippen LogP contribution is 2.13.